The SMILES string of the molecule is COc1cc(-c2cncn2C)ccc1Cc1ncc2ccnc(NCC(C)(C)C)c2n1. The number of hydrogen-bond acceptors (Lipinski definition) is 6. The predicted molar refractivity (Wildman–Crippen MR) is 123 cm³/mol. The number of methoxy groups -OCH3 is 1. The van der Waals surface area contributed by atoms with Crippen LogP contribution < -0.4 is 10.1 Å². The van der Waals surface area contributed by atoms with E-state index in [4.69, 9.17) is 9.72 Å². The number of nitrogens with one attached hydrogen (secondary N) is 1. The molecule has 0 saturated heterocycles. The van der Waals surface area contributed by atoms with E-state index in [1.165, 1.54) is 0 Å². The lowest BCUT2D eigenvalue weighted by Crippen LogP contribution is -2.19. The molecule has 0 fully saturated rings. The van der Waals surface area contributed by atoms with Crippen molar-refractivity contribution in [3.05, 3.63) is 60.6 Å². The molecule has 4 aromatic rings. The second kappa shape index (κ2) is 8.34. The largest absolute Gasteiger partial charge is 0.496 e. The first kappa shape index (κ1) is 20.8. The van der Waals surface area contributed by atoms with Gasteiger partial charge < -0.3 is 14.6 Å². The van der Waals surface area contributed by atoms with E-state index in [-0.39, 0.29) is 5.41 Å². The zero-order chi connectivity index (χ0) is 22.0. The van der Waals surface area contributed by atoms with E-state index in [0.29, 0.717) is 6.42 Å². The van der Waals surface area contributed by atoms with Gasteiger partial charge in [0.2, 0.25) is 0 Å². The standard InChI is InChI=1S/C24H28N6O/c1-24(2,3)14-28-23-22-18(8-9-26-23)12-27-21(29-22)11-17-7-6-16(10-20(17)31-5)19-13-25-15-30(19)4/h6-10,12-13,15H,11,14H2,1-5H3,(H,26,28). The van der Waals surface area contributed by atoms with Crippen LogP contribution in [-0.2, 0) is 13.5 Å². The molecule has 7 nitrogen and oxygen atoms in total. The Bertz CT molecular complexity index is 1210. The number of benzene rings is 1. The highest BCUT2D eigenvalue weighted by atomic mass is 16.5. The predicted octanol–water partition coefficient (Wildman–Crippen LogP) is 4.48. The molecule has 0 bridgehead atoms. The van der Waals surface area contributed by atoms with Crippen molar-refractivity contribution in [1.29, 1.82) is 0 Å². The van der Waals surface area contributed by atoms with E-state index < -0.39 is 0 Å². The van der Waals surface area contributed by atoms with Crippen LogP contribution in [0.5, 0.6) is 5.75 Å². The smallest absolute Gasteiger partial charge is 0.152 e. The monoisotopic (exact) mass is 416 g/mol. The summed E-state index contributed by atoms with van der Waals surface area (Å²) in [5, 5.41) is 4.40. The fourth-order valence-corrected chi connectivity index (χ4v) is 3.41. The Kier molecular flexibility index (Phi) is 5.59. The van der Waals surface area contributed by atoms with Crippen LogP contribution in [0.1, 0.15) is 32.2 Å². The number of rotatable bonds is 6. The molecule has 31 heavy (non-hydrogen) atoms. The number of aryl methyl sites for hydroxylation is 1. The van der Waals surface area contributed by atoms with Gasteiger partial charge in [0.15, 0.2) is 5.82 Å². The van der Waals surface area contributed by atoms with Crippen LogP contribution in [0.25, 0.3) is 22.2 Å². The molecular formula is C24H28N6O. The van der Waals surface area contributed by atoms with Gasteiger partial charge in [0.1, 0.15) is 17.1 Å². The number of nitrogens with zero attached hydrogens (tertiary/aromatic N) is 5. The Labute approximate surface area is 182 Å². The van der Waals surface area contributed by atoms with Gasteiger partial charge in [0, 0.05) is 48.9 Å². The quantitative estimate of drug-likeness (QED) is 0.499. The summed E-state index contributed by atoms with van der Waals surface area (Å²) in [6.07, 6.45) is 7.85. The minimum Gasteiger partial charge on any atom is -0.496 e. The van der Waals surface area contributed by atoms with Gasteiger partial charge in [-0.2, -0.15) is 0 Å². The van der Waals surface area contributed by atoms with Gasteiger partial charge in [-0.15, -0.1) is 0 Å². The van der Waals surface area contributed by atoms with E-state index in [2.05, 4.69) is 53.2 Å². The molecule has 0 aliphatic rings. The average Bonchev–Trinajstić information content (AvgIpc) is 3.18. The molecule has 4 rings (SSSR count). The summed E-state index contributed by atoms with van der Waals surface area (Å²) in [5.41, 5.74) is 4.09. The number of anilines is 1. The lowest BCUT2D eigenvalue weighted by molar-refractivity contribution is 0.410. The van der Waals surface area contributed by atoms with E-state index in [9.17, 15) is 0 Å². The zero-order valence-corrected chi connectivity index (χ0v) is 18.7. The maximum absolute atomic E-state index is 5.67. The summed E-state index contributed by atoms with van der Waals surface area (Å²) in [4.78, 5) is 18.1. The lowest BCUT2D eigenvalue weighted by atomic mass is 9.97. The molecule has 0 radical (unpaired) electrons. The van der Waals surface area contributed by atoms with Crippen LogP contribution in [0, 0.1) is 5.41 Å². The van der Waals surface area contributed by atoms with Crippen LogP contribution >= 0.6 is 0 Å². The van der Waals surface area contributed by atoms with Crippen molar-refractivity contribution in [1.82, 2.24) is 24.5 Å². The van der Waals surface area contributed by atoms with Crippen molar-refractivity contribution in [3.63, 3.8) is 0 Å². The van der Waals surface area contributed by atoms with Crippen molar-refractivity contribution in [2.24, 2.45) is 12.5 Å². The van der Waals surface area contributed by atoms with Crippen molar-refractivity contribution in [2.45, 2.75) is 27.2 Å². The molecule has 0 aliphatic heterocycles. The number of aromatic nitrogens is 5. The second-order valence-corrected chi connectivity index (χ2v) is 8.89. The third-order valence-electron chi connectivity index (χ3n) is 5.08. The van der Waals surface area contributed by atoms with Crippen LogP contribution in [0.3, 0.4) is 0 Å². The molecular weight excluding hydrogens is 388 g/mol. The van der Waals surface area contributed by atoms with Gasteiger partial charge >= 0.3 is 0 Å². The summed E-state index contributed by atoms with van der Waals surface area (Å²) < 4.78 is 7.66. The van der Waals surface area contributed by atoms with Crippen LogP contribution in [0.2, 0.25) is 0 Å². The Morgan fingerprint density at radius 2 is 1.94 bits per heavy atom. The first-order chi connectivity index (χ1) is 14.8. The van der Waals surface area contributed by atoms with E-state index in [0.717, 1.165) is 51.7 Å². The highest BCUT2D eigenvalue weighted by Gasteiger charge is 2.14. The third-order valence-corrected chi connectivity index (χ3v) is 5.08. The molecule has 0 saturated carbocycles. The number of ether oxygens (including phenoxy) is 1. The second-order valence-electron chi connectivity index (χ2n) is 8.89. The summed E-state index contributed by atoms with van der Waals surface area (Å²) in [6, 6.07) is 8.11. The highest BCUT2D eigenvalue weighted by molar-refractivity contribution is 5.87. The van der Waals surface area contributed by atoms with Crippen LogP contribution in [-0.4, -0.2) is 38.2 Å². The van der Waals surface area contributed by atoms with Crippen molar-refractivity contribution < 1.29 is 4.74 Å². The lowest BCUT2D eigenvalue weighted by Gasteiger charge is -2.19. The molecule has 7 heteroatoms. The van der Waals surface area contributed by atoms with Crippen molar-refractivity contribution in [2.75, 3.05) is 19.0 Å². The fraction of sp³-hybridized carbons (Fsp3) is 0.333. The highest BCUT2D eigenvalue weighted by Crippen LogP contribution is 2.29. The fourth-order valence-electron chi connectivity index (χ4n) is 3.41. The first-order valence-electron chi connectivity index (χ1n) is 10.3. The summed E-state index contributed by atoms with van der Waals surface area (Å²) in [5.74, 6) is 2.32. The number of fused-ring (bicyclic) bond motifs is 1. The van der Waals surface area contributed by atoms with Gasteiger partial charge in [-0.3, -0.25) is 0 Å². The molecule has 0 spiro atoms. The van der Waals surface area contributed by atoms with Gasteiger partial charge in [-0.25, -0.2) is 19.9 Å². The molecule has 160 valence electrons. The van der Waals surface area contributed by atoms with Crippen LogP contribution in [0.15, 0.2) is 49.2 Å². The molecule has 3 aromatic heterocycles. The van der Waals surface area contributed by atoms with Gasteiger partial charge in [-0.05, 0) is 17.5 Å². The van der Waals surface area contributed by atoms with E-state index in [1.54, 1.807) is 19.6 Å². The molecule has 0 aliphatic carbocycles. The number of imidazole rings is 1. The first-order valence-corrected chi connectivity index (χ1v) is 10.3. The molecule has 1 N–H and O–H groups in total. The minimum absolute atomic E-state index is 0.142. The molecule has 3 heterocycles. The zero-order valence-electron chi connectivity index (χ0n) is 18.7. The summed E-state index contributed by atoms with van der Waals surface area (Å²) >= 11 is 0. The van der Waals surface area contributed by atoms with Gasteiger partial charge in [0.05, 0.1) is 25.3 Å². The molecule has 1 aromatic carbocycles. The Hall–Kier alpha value is -3.48. The maximum atomic E-state index is 5.67. The molecule has 0 atom stereocenters. The van der Waals surface area contributed by atoms with Gasteiger partial charge in [0.25, 0.3) is 0 Å². The van der Waals surface area contributed by atoms with E-state index in [1.807, 2.05) is 36.1 Å². The van der Waals surface area contributed by atoms with Crippen molar-refractivity contribution in [3.8, 4) is 17.0 Å². The summed E-state index contributed by atoms with van der Waals surface area (Å²) in [6.45, 7) is 7.37. The average molecular weight is 417 g/mol. The van der Waals surface area contributed by atoms with Crippen molar-refractivity contribution >= 4 is 16.7 Å². The Morgan fingerprint density at radius 1 is 1.10 bits per heavy atom. The number of hydrogen-bond donors (Lipinski definition) is 1. The third kappa shape index (κ3) is 4.66. The normalized spacial score (nSPS) is 11.6. The molecule has 0 unspecified atom stereocenters. The van der Waals surface area contributed by atoms with Gasteiger partial charge in [-0.1, -0.05) is 32.9 Å². The topological polar surface area (TPSA) is 77.8 Å². The maximum Gasteiger partial charge on any atom is 0.152 e. The number of pyridine rings is 1. The Balaban J connectivity index is 1.64. The van der Waals surface area contributed by atoms with Crippen LogP contribution in [0.4, 0.5) is 5.82 Å². The summed E-state index contributed by atoms with van der Waals surface area (Å²) in [7, 11) is 3.66. The molecule has 0 amide bonds. The Morgan fingerprint density at radius 3 is 2.65 bits per heavy atom. The van der Waals surface area contributed by atoms with E-state index >= 15 is 0 Å². The minimum atomic E-state index is 0.142.